The van der Waals surface area contributed by atoms with E-state index in [2.05, 4.69) is 20.6 Å². The molecule has 1 aliphatic rings. The van der Waals surface area contributed by atoms with Crippen molar-refractivity contribution in [3.63, 3.8) is 0 Å². The van der Waals surface area contributed by atoms with E-state index in [-0.39, 0.29) is 6.10 Å². The molecule has 0 amide bonds. The highest BCUT2D eigenvalue weighted by Crippen LogP contribution is 2.30. The summed E-state index contributed by atoms with van der Waals surface area (Å²) in [6.45, 7) is 2.58. The van der Waals surface area contributed by atoms with Gasteiger partial charge in [-0.2, -0.15) is 5.21 Å². The lowest BCUT2D eigenvalue weighted by Crippen LogP contribution is -2.43. The Kier molecular flexibility index (Phi) is 1.59. The maximum absolute atomic E-state index is 6.06. The minimum Gasteiger partial charge on any atom is -0.376 e. The van der Waals surface area contributed by atoms with Crippen molar-refractivity contribution in [2.24, 2.45) is 5.73 Å². The molecule has 3 N–H and O–H groups in total. The highest BCUT2D eigenvalue weighted by Gasteiger charge is 2.42. The second-order valence-electron chi connectivity index (χ2n) is 3.04. The van der Waals surface area contributed by atoms with Crippen molar-refractivity contribution in [2.75, 3.05) is 6.61 Å². The first-order valence-corrected chi connectivity index (χ1v) is 3.88. The molecule has 6 nitrogen and oxygen atoms in total. The van der Waals surface area contributed by atoms with Crippen LogP contribution in [0.3, 0.4) is 0 Å². The Labute approximate surface area is 69.5 Å². The third kappa shape index (κ3) is 0.919. The average Bonchev–Trinajstić information content (AvgIpc) is 2.62. The lowest BCUT2D eigenvalue weighted by atomic mass is 9.93. The van der Waals surface area contributed by atoms with Crippen LogP contribution in [0.5, 0.6) is 0 Å². The summed E-state index contributed by atoms with van der Waals surface area (Å²) in [6.07, 6.45) is 0.698. The van der Waals surface area contributed by atoms with Gasteiger partial charge in [-0.05, 0) is 13.3 Å². The summed E-state index contributed by atoms with van der Waals surface area (Å²) in [5.41, 5.74) is 5.50. The number of ether oxygens (including phenoxy) is 1. The first kappa shape index (κ1) is 7.63. The lowest BCUT2D eigenvalue weighted by molar-refractivity contribution is 0.0927. The van der Waals surface area contributed by atoms with Gasteiger partial charge in [-0.15, -0.1) is 10.2 Å². The lowest BCUT2D eigenvalue weighted by Gasteiger charge is -2.22. The number of hydrogen-bond acceptors (Lipinski definition) is 5. The van der Waals surface area contributed by atoms with Crippen LogP contribution < -0.4 is 5.73 Å². The third-order valence-electron chi connectivity index (χ3n) is 2.37. The predicted octanol–water partition coefficient (Wildman–Crippen LogP) is -0.837. The fourth-order valence-corrected chi connectivity index (χ4v) is 1.41. The SMILES string of the molecule is CC1OCCC1(N)c1nn[nH]n1. The summed E-state index contributed by atoms with van der Waals surface area (Å²) >= 11 is 0. The van der Waals surface area contributed by atoms with Gasteiger partial charge in [0, 0.05) is 6.61 Å². The van der Waals surface area contributed by atoms with E-state index in [9.17, 15) is 0 Å². The Bertz CT molecular complexity index is 261. The summed E-state index contributed by atoms with van der Waals surface area (Å²) in [7, 11) is 0. The number of rotatable bonds is 1. The smallest absolute Gasteiger partial charge is 0.197 e. The van der Waals surface area contributed by atoms with Crippen LogP contribution in [-0.4, -0.2) is 33.3 Å². The summed E-state index contributed by atoms with van der Waals surface area (Å²) in [6, 6.07) is 0. The monoisotopic (exact) mass is 169 g/mol. The van der Waals surface area contributed by atoms with Crippen molar-refractivity contribution in [1.29, 1.82) is 0 Å². The molecule has 0 spiro atoms. The molecule has 0 radical (unpaired) electrons. The van der Waals surface area contributed by atoms with Crippen molar-refractivity contribution in [2.45, 2.75) is 25.0 Å². The molecule has 1 fully saturated rings. The standard InChI is InChI=1S/C6H11N5O/c1-4-6(7,2-3-12-4)5-8-10-11-9-5/h4H,2-3,7H2,1H3,(H,8,9,10,11). The zero-order valence-corrected chi connectivity index (χ0v) is 6.82. The van der Waals surface area contributed by atoms with Crippen molar-refractivity contribution in [1.82, 2.24) is 20.6 Å². The minimum atomic E-state index is -0.562. The van der Waals surface area contributed by atoms with Crippen LogP contribution in [0.2, 0.25) is 0 Å². The molecule has 0 aromatic carbocycles. The van der Waals surface area contributed by atoms with Crippen LogP contribution in [0.15, 0.2) is 0 Å². The fraction of sp³-hybridized carbons (Fsp3) is 0.833. The second-order valence-corrected chi connectivity index (χ2v) is 3.04. The Balaban J connectivity index is 2.32. The summed E-state index contributed by atoms with van der Waals surface area (Å²) in [5, 5.41) is 13.6. The van der Waals surface area contributed by atoms with Crippen LogP contribution >= 0.6 is 0 Å². The van der Waals surface area contributed by atoms with Crippen molar-refractivity contribution < 1.29 is 4.74 Å². The van der Waals surface area contributed by atoms with E-state index in [1.54, 1.807) is 0 Å². The number of aromatic nitrogens is 4. The molecule has 12 heavy (non-hydrogen) atoms. The molecule has 6 heteroatoms. The van der Waals surface area contributed by atoms with E-state index in [1.807, 2.05) is 6.92 Å². The van der Waals surface area contributed by atoms with Crippen LogP contribution in [0.1, 0.15) is 19.2 Å². The summed E-state index contributed by atoms with van der Waals surface area (Å²) in [5.74, 6) is 0.535. The van der Waals surface area contributed by atoms with Crippen molar-refractivity contribution in [3.05, 3.63) is 5.82 Å². The third-order valence-corrected chi connectivity index (χ3v) is 2.37. The first-order valence-electron chi connectivity index (χ1n) is 3.88. The van der Waals surface area contributed by atoms with Gasteiger partial charge in [0.1, 0.15) is 5.54 Å². The zero-order valence-electron chi connectivity index (χ0n) is 6.82. The van der Waals surface area contributed by atoms with Crippen molar-refractivity contribution in [3.8, 4) is 0 Å². The molecule has 1 saturated heterocycles. The number of hydrogen-bond donors (Lipinski definition) is 2. The van der Waals surface area contributed by atoms with Gasteiger partial charge in [-0.1, -0.05) is 5.21 Å². The number of nitrogens with one attached hydrogen (secondary N) is 1. The minimum absolute atomic E-state index is 0.0462. The number of aromatic amines is 1. The Hall–Kier alpha value is -1.01. The quantitative estimate of drug-likeness (QED) is 0.572. The normalized spacial score (nSPS) is 35.7. The molecule has 2 heterocycles. The molecule has 2 atom stereocenters. The molecule has 0 bridgehead atoms. The molecular formula is C6H11N5O. The summed E-state index contributed by atoms with van der Waals surface area (Å²) in [4.78, 5) is 0. The van der Waals surface area contributed by atoms with E-state index >= 15 is 0 Å². The van der Waals surface area contributed by atoms with Crippen LogP contribution in [0, 0.1) is 0 Å². The number of nitrogens with two attached hydrogens (primary N) is 1. The molecule has 1 aromatic heterocycles. The van der Waals surface area contributed by atoms with Crippen LogP contribution in [0.4, 0.5) is 0 Å². The molecule has 2 unspecified atom stereocenters. The number of tetrazole rings is 1. The van der Waals surface area contributed by atoms with Gasteiger partial charge in [-0.25, -0.2) is 0 Å². The maximum atomic E-state index is 6.06. The van der Waals surface area contributed by atoms with Gasteiger partial charge in [0.25, 0.3) is 0 Å². The molecule has 2 rings (SSSR count). The van der Waals surface area contributed by atoms with E-state index in [4.69, 9.17) is 10.5 Å². The topological polar surface area (TPSA) is 89.7 Å². The number of H-pyrrole nitrogens is 1. The van der Waals surface area contributed by atoms with Crippen molar-refractivity contribution >= 4 is 0 Å². The van der Waals surface area contributed by atoms with Gasteiger partial charge in [-0.3, -0.25) is 0 Å². The Morgan fingerprint density at radius 1 is 1.75 bits per heavy atom. The van der Waals surface area contributed by atoms with Gasteiger partial charge in [0.15, 0.2) is 5.82 Å². The van der Waals surface area contributed by atoms with E-state index in [0.29, 0.717) is 12.4 Å². The van der Waals surface area contributed by atoms with Gasteiger partial charge in [0.2, 0.25) is 0 Å². The fourth-order valence-electron chi connectivity index (χ4n) is 1.41. The molecule has 1 aliphatic heterocycles. The molecule has 0 aliphatic carbocycles. The largest absolute Gasteiger partial charge is 0.376 e. The van der Waals surface area contributed by atoms with Gasteiger partial charge in [0.05, 0.1) is 6.10 Å². The predicted molar refractivity (Wildman–Crippen MR) is 40.1 cm³/mol. The highest BCUT2D eigenvalue weighted by atomic mass is 16.5. The molecular weight excluding hydrogens is 158 g/mol. The Morgan fingerprint density at radius 3 is 3.08 bits per heavy atom. The molecule has 1 aromatic rings. The Morgan fingerprint density at radius 2 is 2.58 bits per heavy atom. The number of nitrogens with zero attached hydrogens (tertiary/aromatic N) is 3. The molecule has 0 saturated carbocycles. The molecule has 66 valence electrons. The first-order chi connectivity index (χ1) is 5.73. The second kappa shape index (κ2) is 2.49. The van der Waals surface area contributed by atoms with E-state index < -0.39 is 5.54 Å². The zero-order chi connectivity index (χ0) is 8.60. The maximum Gasteiger partial charge on any atom is 0.197 e. The summed E-state index contributed by atoms with van der Waals surface area (Å²) < 4.78 is 5.35. The van der Waals surface area contributed by atoms with Gasteiger partial charge < -0.3 is 10.5 Å². The van der Waals surface area contributed by atoms with E-state index in [1.165, 1.54) is 0 Å². The van der Waals surface area contributed by atoms with Crippen LogP contribution in [0.25, 0.3) is 0 Å². The van der Waals surface area contributed by atoms with E-state index in [0.717, 1.165) is 6.42 Å². The highest BCUT2D eigenvalue weighted by molar-refractivity contribution is 5.07. The van der Waals surface area contributed by atoms with Crippen LogP contribution in [-0.2, 0) is 10.3 Å². The van der Waals surface area contributed by atoms with Gasteiger partial charge >= 0.3 is 0 Å². The average molecular weight is 169 g/mol.